The number of hydrogen-bond donors (Lipinski definition) is 2. The minimum atomic E-state index is -4.51. The molecule has 3 heterocycles. The number of nitrogens with one attached hydrogen (secondary N) is 2. The summed E-state index contributed by atoms with van der Waals surface area (Å²) in [5, 5.41) is 3.34. The van der Waals surface area contributed by atoms with Gasteiger partial charge in [-0.3, -0.25) is 9.78 Å². The summed E-state index contributed by atoms with van der Waals surface area (Å²) < 4.78 is 39.2. The Morgan fingerprint density at radius 2 is 1.81 bits per heavy atom. The van der Waals surface area contributed by atoms with E-state index in [4.69, 9.17) is 4.98 Å². The maximum absolute atomic E-state index is 13.1. The molecular formula is C27H20F3N5O. The van der Waals surface area contributed by atoms with Crippen molar-refractivity contribution < 1.29 is 18.0 Å². The average molecular weight is 487 g/mol. The molecule has 3 aromatic heterocycles. The summed E-state index contributed by atoms with van der Waals surface area (Å²) in [6, 6.07) is 15.4. The van der Waals surface area contributed by atoms with Crippen LogP contribution in [0.2, 0.25) is 0 Å². The molecule has 0 aliphatic heterocycles. The molecule has 36 heavy (non-hydrogen) atoms. The van der Waals surface area contributed by atoms with Crippen LogP contribution in [0.5, 0.6) is 0 Å². The minimum absolute atomic E-state index is 0.0193. The molecule has 0 fully saturated rings. The quantitative estimate of drug-likeness (QED) is 0.267. The molecule has 0 saturated heterocycles. The van der Waals surface area contributed by atoms with Gasteiger partial charge in [-0.2, -0.15) is 13.2 Å². The van der Waals surface area contributed by atoms with Crippen molar-refractivity contribution in [2.45, 2.75) is 19.5 Å². The topological polar surface area (TPSA) is 83.6 Å². The second kappa shape index (κ2) is 9.26. The number of nitrogens with zero attached hydrogens (tertiary/aromatic N) is 3. The van der Waals surface area contributed by atoms with Crippen LogP contribution in [0.1, 0.15) is 27.0 Å². The van der Waals surface area contributed by atoms with Gasteiger partial charge in [0.05, 0.1) is 11.1 Å². The zero-order chi connectivity index (χ0) is 25.3. The summed E-state index contributed by atoms with van der Waals surface area (Å²) in [7, 11) is 0. The summed E-state index contributed by atoms with van der Waals surface area (Å²) in [6.45, 7) is 1.91. The second-order valence-electron chi connectivity index (χ2n) is 8.32. The van der Waals surface area contributed by atoms with Crippen molar-refractivity contribution in [1.82, 2.24) is 19.9 Å². The molecule has 0 amide bonds. The molecule has 180 valence electrons. The molecule has 9 heteroatoms. The van der Waals surface area contributed by atoms with Gasteiger partial charge in [0.1, 0.15) is 5.52 Å². The lowest BCUT2D eigenvalue weighted by molar-refractivity contribution is -0.137. The number of pyridine rings is 1. The Bertz CT molecular complexity index is 1560. The highest BCUT2D eigenvalue weighted by Crippen LogP contribution is 2.31. The minimum Gasteiger partial charge on any atom is -0.357 e. The molecule has 0 saturated carbocycles. The van der Waals surface area contributed by atoms with E-state index >= 15 is 0 Å². The van der Waals surface area contributed by atoms with Gasteiger partial charge in [-0.25, -0.2) is 9.97 Å². The summed E-state index contributed by atoms with van der Waals surface area (Å²) in [4.78, 5) is 29.3. The van der Waals surface area contributed by atoms with Crippen molar-refractivity contribution in [1.29, 1.82) is 0 Å². The number of alkyl halides is 3. The van der Waals surface area contributed by atoms with E-state index in [1.165, 1.54) is 12.1 Å². The molecule has 2 N–H and O–H groups in total. The molecule has 0 spiro atoms. The molecule has 2 aromatic carbocycles. The maximum atomic E-state index is 13.1. The SMILES string of the molecule is Cc1ccc(CC(=O)c2cccc(C(F)(F)F)c2)cc1Nc1nc(-c2ccncc2)nc2cc[nH]c12. The Kier molecular flexibility index (Phi) is 5.97. The van der Waals surface area contributed by atoms with Gasteiger partial charge in [-0.1, -0.05) is 24.3 Å². The van der Waals surface area contributed by atoms with Crippen molar-refractivity contribution in [2.75, 3.05) is 5.32 Å². The van der Waals surface area contributed by atoms with E-state index in [2.05, 4.69) is 20.3 Å². The molecule has 5 aromatic rings. The van der Waals surface area contributed by atoms with E-state index in [1.807, 2.05) is 37.3 Å². The molecule has 5 rings (SSSR count). The van der Waals surface area contributed by atoms with E-state index in [0.29, 0.717) is 17.2 Å². The number of anilines is 2. The fourth-order valence-electron chi connectivity index (χ4n) is 3.86. The number of aromatic nitrogens is 4. The molecular weight excluding hydrogens is 467 g/mol. The predicted molar refractivity (Wildman–Crippen MR) is 131 cm³/mol. The highest BCUT2D eigenvalue weighted by Gasteiger charge is 2.30. The number of rotatable bonds is 6. The highest BCUT2D eigenvalue weighted by molar-refractivity contribution is 5.98. The Morgan fingerprint density at radius 3 is 2.58 bits per heavy atom. The number of hydrogen-bond acceptors (Lipinski definition) is 5. The predicted octanol–water partition coefficient (Wildman–Crippen LogP) is 6.52. The number of H-pyrrole nitrogens is 1. The standard InChI is InChI=1S/C27H20F3N5O/c1-16-5-6-17(14-23(36)19-3-2-4-20(15-19)27(28,29)30)13-22(16)34-26-24-21(9-12-32-24)33-25(35-26)18-7-10-31-11-8-18/h2-13,15,32H,14H2,1H3,(H,33,34,35). The lowest BCUT2D eigenvalue weighted by Crippen LogP contribution is -2.09. The van der Waals surface area contributed by atoms with Crippen LogP contribution in [-0.4, -0.2) is 25.7 Å². The van der Waals surface area contributed by atoms with Crippen LogP contribution in [-0.2, 0) is 12.6 Å². The monoisotopic (exact) mass is 487 g/mol. The Balaban J connectivity index is 1.44. The van der Waals surface area contributed by atoms with Crippen molar-refractivity contribution in [2.24, 2.45) is 0 Å². The zero-order valence-corrected chi connectivity index (χ0v) is 19.1. The fourth-order valence-corrected chi connectivity index (χ4v) is 3.86. The number of aryl methyl sites for hydroxylation is 1. The van der Waals surface area contributed by atoms with Gasteiger partial charge in [-0.15, -0.1) is 0 Å². The Morgan fingerprint density at radius 1 is 1.00 bits per heavy atom. The Labute approximate surface area is 204 Å². The summed E-state index contributed by atoms with van der Waals surface area (Å²) in [6.07, 6.45) is 0.565. The van der Waals surface area contributed by atoms with Gasteiger partial charge >= 0.3 is 6.18 Å². The van der Waals surface area contributed by atoms with Gasteiger partial charge in [0.2, 0.25) is 0 Å². The smallest absolute Gasteiger partial charge is 0.357 e. The molecule has 0 atom stereocenters. The van der Waals surface area contributed by atoms with Crippen LogP contribution in [0.25, 0.3) is 22.4 Å². The third-order valence-electron chi connectivity index (χ3n) is 5.78. The van der Waals surface area contributed by atoms with Crippen molar-refractivity contribution in [3.05, 3.63) is 102 Å². The number of Topliss-reactive ketones (excluding diaryl/α,β-unsaturated/α-hetero) is 1. The molecule has 0 unspecified atom stereocenters. The number of carbonyl (C=O) groups excluding carboxylic acids is 1. The van der Waals surface area contributed by atoms with Gasteiger partial charge in [0, 0.05) is 41.8 Å². The fraction of sp³-hybridized carbons (Fsp3) is 0.111. The van der Waals surface area contributed by atoms with Crippen LogP contribution < -0.4 is 5.32 Å². The van der Waals surface area contributed by atoms with Crippen LogP contribution in [0.4, 0.5) is 24.7 Å². The van der Waals surface area contributed by atoms with Crippen molar-refractivity contribution in [3.8, 4) is 11.4 Å². The summed E-state index contributed by atoms with van der Waals surface area (Å²) >= 11 is 0. The lowest BCUT2D eigenvalue weighted by Gasteiger charge is -2.13. The number of benzene rings is 2. The number of carbonyl (C=O) groups is 1. The number of fused-ring (bicyclic) bond motifs is 1. The largest absolute Gasteiger partial charge is 0.416 e. The highest BCUT2D eigenvalue weighted by atomic mass is 19.4. The van der Waals surface area contributed by atoms with E-state index in [1.54, 1.807) is 24.7 Å². The first-order chi connectivity index (χ1) is 17.3. The molecule has 0 aliphatic rings. The first kappa shape index (κ1) is 23.2. The first-order valence-electron chi connectivity index (χ1n) is 11.1. The number of aromatic amines is 1. The van der Waals surface area contributed by atoms with Crippen LogP contribution in [0, 0.1) is 6.92 Å². The van der Waals surface area contributed by atoms with Crippen LogP contribution in [0.3, 0.4) is 0 Å². The number of ketones is 1. The van der Waals surface area contributed by atoms with E-state index in [9.17, 15) is 18.0 Å². The van der Waals surface area contributed by atoms with Gasteiger partial charge in [0.15, 0.2) is 17.4 Å². The van der Waals surface area contributed by atoms with E-state index < -0.39 is 17.5 Å². The van der Waals surface area contributed by atoms with Gasteiger partial charge < -0.3 is 10.3 Å². The lowest BCUT2D eigenvalue weighted by atomic mass is 9.99. The molecule has 6 nitrogen and oxygen atoms in total. The third kappa shape index (κ3) is 4.81. The van der Waals surface area contributed by atoms with E-state index in [-0.39, 0.29) is 12.0 Å². The van der Waals surface area contributed by atoms with Crippen LogP contribution in [0.15, 0.2) is 79.3 Å². The summed E-state index contributed by atoms with van der Waals surface area (Å²) in [5.74, 6) is 0.687. The normalized spacial score (nSPS) is 11.6. The van der Waals surface area contributed by atoms with Gasteiger partial charge in [-0.05, 0) is 54.4 Å². The molecule has 0 bridgehead atoms. The van der Waals surface area contributed by atoms with Gasteiger partial charge in [0.25, 0.3) is 0 Å². The van der Waals surface area contributed by atoms with E-state index in [0.717, 1.165) is 40.0 Å². The molecule has 0 aliphatic carbocycles. The second-order valence-corrected chi connectivity index (χ2v) is 8.32. The van der Waals surface area contributed by atoms with Crippen LogP contribution >= 0.6 is 0 Å². The van der Waals surface area contributed by atoms with Crippen molar-refractivity contribution in [3.63, 3.8) is 0 Å². The average Bonchev–Trinajstić information content (AvgIpc) is 3.35. The zero-order valence-electron chi connectivity index (χ0n) is 19.1. The first-order valence-corrected chi connectivity index (χ1v) is 11.1. The third-order valence-corrected chi connectivity index (χ3v) is 5.78. The Hall–Kier alpha value is -4.53. The molecule has 0 radical (unpaired) electrons. The number of halogens is 3. The van der Waals surface area contributed by atoms with Crippen molar-refractivity contribution >= 4 is 28.3 Å². The summed E-state index contributed by atoms with van der Waals surface area (Å²) in [5.41, 5.74) is 3.73. The maximum Gasteiger partial charge on any atom is 0.416 e.